The van der Waals surface area contributed by atoms with Gasteiger partial charge in [0.05, 0.1) is 12.1 Å². The summed E-state index contributed by atoms with van der Waals surface area (Å²) in [6, 6.07) is 5.80. The molecule has 3 rings (SSSR count). The Hall–Kier alpha value is -3.37. The van der Waals surface area contributed by atoms with Gasteiger partial charge in [-0.3, -0.25) is 14.4 Å². The number of aliphatic hydroxyl groups excluding tert-OH is 1. The SMILES string of the molecule is CCCN(CCC)C(=O)c1cc(C)cc(C(=O)N[C@@H](Cc2cc(F)cc(F)c2)[C@H](O)C2NCCN(CC(C)C)C2=O)c1. The number of amides is 3. The second-order valence-electron chi connectivity index (χ2n) is 11.5. The van der Waals surface area contributed by atoms with Gasteiger partial charge in [-0.25, -0.2) is 8.78 Å². The Kier molecular flexibility index (Phi) is 12.0. The molecule has 0 bridgehead atoms. The van der Waals surface area contributed by atoms with Crippen LogP contribution in [0.2, 0.25) is 0 Å². The van der Waals surface area contributed by atoms with E-state index in [1.807, 2.05) is 27.7 Å². The van der Waals surface area contributed by atoms with Crippen molar-refractivity contribution >= 4 is 17.7 Å². The van der Waals surface area contributed by atoms with Crippen molar-refractivity contribution in [3.63, 3.8) is 0 Å². The van der Waals surface area contributed by atoms with Crippen LogP contribution >= 0.6 is 0 Å². The van der Waals surface area contributed by atoms with Crippen molar-refractivity contribution in [3.8, 4) is 0 Å². The van der Waals surface area contributed by atoms with Crippen LogP contribution in [0.5, 0.6) is 0 Å². The standard InChI is InChI=1S/C32H44F2N4O4/c1-6-9-37(10-7-2)31(41)24-13-21(5)12-23(17-24)30(40)36-27(16-22-14-25(33)18-26(34)15-22)29(39)28-32(42)38(11-8-35-28)19-20(3)4/h12-15,17-18,20,27-29,35,39H,6-11,16,19H2,1-5H3,(H,36,40)/t27-,28?,29-/m0/s1. The summed E-state index contributed by atoms with van der Waals surface area (Å²) in [6.45, 7) is 12.4. The average molecular weight is 587 g/mol. The number of benzene rings is 2. The molecule has 3 N–H and O–H groups in total. The van der Waals surface area contributed by atoms with Gasteiger partial charge in [0.15, 0.2) is 0 Å². The maximum absolute atomic E-state index is 14.0. The molecule has 1 fully saturated rings. The average Bonchev–Trinajstić information content (AvgIpc) is 2.91. The Morgan fingerprint density at radius 3 is 2.26 bits per heavy atom. The second-order valence-corrected chi connectivity index (χ2v) is 11.5. The van der Waals surface area contributed by atoms with Crippen molar-refractivity contribution in [2.45, 2.75) is 72.1 Å². The molecule has 2 aromatic carbocycles. The third kappa shape index (κ3) is 8.82. The fourth-order valence-electron chi connectivity index (χ4n) is 5.44. The molecule has 2 aromatic rings. The van der Waals surface area contributed by atoms with Crippen molar-refractivity contribution < 1.29 is 28.3 Å². The molecule has 0 aromatic heterocycles. The van der Waals surface area contributed by atoms with Gasteiger partial charge >= 0.3 is 0 Å². The van der Waals surface area contributed by atoms with Gasteiger partial charge in [0.25, 0.3) is 11.8 Å². The van der Waals surface area contributed by atoms with Crippen LogP contribution in [-0.2, 0) is 11.2 Å². The fourth-order valence-corrected chi connectivity index (χ4v) is 5.44. The summed E-state index contributed by atoms with van der Waals surface area (Å²) < 4.78 is 28.1. The first kappa shape index (κ1) is 33.1. The first-order chi connectivity index (χ1) is 19.9. The zero-order valence-electron chi connectivity index (χ0n) is 25.3. The lowest BCUT2D eigenvalue weighted by atomic mass is 9.93. The molecule has 230 valence electrons. The Balaban J connectivity index is 1.92. The van der Waals surface area contributed by atoms with Crippen LogP contribution in [0.1, 0.15) is 72.4 Å². The van der Waals surface area contributed by atoms with E-state index in [0.29, 0.717) is 43.9 Å². The number of rotatable bonds is 13. The minimum Gasteiger partial charge on any atom is -0.389 e. The number of hydrogen-bond donors (Lipinski definition) is 3. The molecule has 1 aliphatic rings. The summed E-state index contributed by atoms with van der Waals surface area (Å²) >= 11 is 0. The number of nitrogens with zero attached hydrogens (tertiary/aromatic N) is 2. The lowest BCUT2D eigenvalue weighted by Gasteiger charge is -2.38. The van der Waals surface area contributed by atoms with Crippen molar-refractivity contribution in [1.82, 2.24) is 20.4 Å². The molecule has 0 spiro atoms. The molecule has 1 unspecified atom stereocenters. The Morgan fingerprint density at radius 1 is 1.05 bits per heavy atom. The van der Waals surface area contributed by atoms with Crippen molar-refractivity contribution in [3.05, 3.63) is 70.3 Å². The molecule has 1 aliphatic heterocycles. The van der Waals surface area contributed by atoms with Gasteiger partial charge in [0.2, 0.25) is 5.91 Å². The molecule has 42 heavy (non-hydrogen) atoms. The van der Waals surface area contributed by atoms with E-state index in [9.17, 15) is 28.3 Å². The molecule has 10 heteroatoms. The molecule has 0 aliphatic carbocycles. The van der Waals surface area contributed by atoms with E-state index in [4.69, 9.17) is 0 Å². The Labute approximate surface area is 247 Å². The van der Waals surface area contributed by atoms with Crippen LogP contribution in [0.3, 0.4) is 0 Å². The minimum atomic E-state index is -1.40. The van der Waals surface area contributed by atoms with Crippen molar-refractivity contribution in [1.29, 1.82) is 0 Å². The van der Waals surface area contributed by atoms with Crippen molar-refractivity contribution in [2.75, 3.05) is 32.7 Å². The molecule has 8 nitrogen and oxygen atoms in total. The second kappa shape index (κ2) is 15.2. The normalized spacial score (nSPS) is 16.8. The van der Waals surface area contributed by atoms with Crippen LogP contribution in [0.15, 0.2) is 36.4 Å². The van der Waals surface area contributed by atoms with E-state index in [1.54, 1.807) is 28.9 Å². The fraction of sp³-hybridized carbons (Fsp3) is 0.531. The number of aliphatic hydroxyl groups is 1. The first-order valence-electron chi connectivity index (χ1n) is 14.8. The van der Waals surface area contributed by atoms with Crippen LogP contribution in [-0.4, -0.2) is 83.5 Å². The summed E-state index contributed by atoms with van der Waals surface area (Å²) in [5.74, 6) is -2.41. The molecular formula is C32H44F2N4O4. The van der Waals surface area contributed by atoms with Gasteiger partial charge in [-0.15, -0.1) is 0 Å². The van der Waals surface area contributed by atoms with Gasteiger partial charge in [0.1, 0.15) is 17.7 Å². The number of nitrogens with one attached hydrogen (secondary N) is 2. The molecule has 1 saturated heterocycles. The molecular weight excluding hydrogens is 542 g/mol. The highest BCUT2D eigenvalue weighted by Crippen LogP contribution is 2.18. The van der Waals surface area contributed by atoms with E-state index in [0.717, 1.165) is 31.0 Å². The highest BCUT2D eigenvalue weighted by Gasteiger charge is 2.38. The van der Waals surface area contributed by atoms with E-state index >= 15 is 0 Å². The monoisotopic (exact) mass is 586 g/mol. The maximum atomic E-state index is 14.0. The largest absolute Gasteiger partial charge is 0.389 e. The number of piperazine rings is 1. The van der Waals surface area contributed by atoms with Crippen LogP contribution in [0.4, 0.5) is 8.78 Å². The van der Waals surface area contributed by atoms with Gasteiger partial charge in [0, 0.05) is 49.9 Å². The predicted molar refractivity (Wildman–Crippen MR) is 158 cm³/mol. The highest BCUT2D eigenvalue weighted by molar-refractivity contribution is 6.00. The number of carbonyl (C=O) groups excluding carboxylic acids is 3. The third-order valence-corrected chi connectivity index (χ3v) is 7.22. The number of halogens is 2. The summed E-state index contributed by atoms with van der Waals surface area (Å²) in [6.07, 6.45) is 0.0648. The minimum absolute atomic E-state index is 0.129. The van der Waals surface area contributed by atoms with E-state index in [-0.39, 0.29) is 35.3 Å². The lowest BCUT2D eigenvalue weighted by molar-refractivity contribution is -0.140. The summed E-state index contributed by atoms with van der Waals surface area (Å²) in [5.41, 5.74) is 1.50. The van der Waals surface area contributed by atoms with Gasteiger partial charge in [-0.05, 0) is 73.6 Å². The van der Waals surface area contributed by atoms with Gasteiger partial charge in [-0.1, -0.05) is 27.7 Å². The van der Waals surface area contributed by atoms with Gasteiger partial charge in [-0.2, -0.15) is 0 Å². The Bertz CT molecular complexity index is 1230. The topological polar surface area (TPSA) is 102 Å². The molecule has 0 radical (unpaired) electrons. The highest BCUT2D eigenvalue weighted by atomic mass is 19.1. The third-order valence-electron chi connectivity index (χ3n) is 7.22. The van der Waals surface area contributed by atoms with E-state index < -0.39 is 35.7 Å². The molecule has 3 amide bonds. The number of hydrogen-bond acceptors (Lipinski definition) is 5. The zero-order chi connectivity index (χ0) is 31.0. The number of aryl methyl sites for hydroxylation is 1. The van der Waals surface area contributed by atoms with Crippen LogP contribution in [0, 0.1) is 24.5 Å². The predicted octanol–water partition coefficient (Wildman–Crippen LogP) is 3.69. The molecule has 3 atom stereocenters. The smallest absolute Gasteiger partial charge is 0.253 e. The van der Waals surface area contributed by atoms with Gasteiger partial charge < -0.3 is 25.5 Å². The summed E-state index contributed by atoms with van der Waals surface area (Å²) in [5, 5.41) is 17.3. The first-order valence-corrected chi connectivity index (χ1v) is 14.8. The van der Waals surface area contributed by atoms with Crippen LogP contribution in [0.25, 0.3) is 0 Å². The Morgan fingerprint density at radius 2 is 1.67 bits per heavy atom. The maximum Gasteiger partial charge on any atom is 0.253 e. The molecule has 1 heterocycles. The number of carbonyl (C=O) groups is 3. The van der Waals surface area contributed by atoms with E-state index in [1.165, 1.54) is 6.07 Å². The summed E-state index contributed by atoms with van der Waals surface area (Å²) in [4.78, 5) is 43.6. The lowest BCUT2D eigenvalue weighted by Crippen LogP contribution is -2.64. The quantitative estimate of drug-likeness (QED) is 0.332. The molecule has 0 saturated carbocycles. The summed E-state index contributed by atoms with van der Waals surface area (Å²) in [7, 11) is 0. The van der Waals surface area contributed by atoms with Crippen molar-refractivity contribution in [2.24, 2.45) is 5.92 Å². The van der Waals surface area contributed by atoms with Crippen LogP contribution < -0.4 is 10.6 Å². The zero-order valence-corrected chi connectivity index (χ0v) is 25.3. The van der Waals surface area contributed by atoms with E-state index in [2.05, 4.69) is 10.6 Å².